The van der Waals surface area contributed by atoms with Crippen LogP contribution in [0, 0.1) is 13.8 Å². The molecule has 1 aromatic carbocycles. The van der Waals surface area contributed by atoms with Crippen molar-refractivity contribution < 1.29 is 14.7 Å². The molecular formula is C17H20N2O3S. The fourth-order valence-electron chi connectivity index (χ4n) is 2.24. The second-order valence-electron chi connectivity index (χ2n) is 5.97. The molecule has 5 nitrogen and oxygen atoms in total. The van der Waals surface area contributed by atoms with E-state index in [-0.39, 0.29) is 17.9 Å². The van der Waals surface area contributed by atoms with E-state index in [4.69, 9.17) is 0 Å². The predicted octanol–water partition coefficient (Wildman–Crippen LogP) is 3.05. The van der Waals surface area contributed by atoms with Crippen molar-refractivity contribution in [3.63, 3.8) is 0 Å². The third-order valence-corrected chi connectivity index (χ3v) is 5.01. The van der Waals surface area contributed by atoms with Crippen LogP contribution in [0.5, 0.6) is 0 Å². The van der Waals surface area contributed by atoms with Crippen molar-refractivity contribution in [3.8, 4) is 0 Å². The molecule has 0 aliphatic rings. The van der Waals surface area contributed by atoms with Gasteiger partial charge in [0, 0.05) is 4.88 Å². The number of nitrogens with zero attached hydrogens (tertiary/aromatic N) is 1. The minimum absolute atomic E-state index is 0.0231. The molecule has 0 aliphatic carbocycles. The summed E-state index contributed by atoms with van der Waals surface area (Å²) in [5.74, 6) is -1.26. The van der Waals surface area contributed by atoms with E-state index in [1.807, 2.05) is 27.7 Å². The van der Waals surface area contributed by atoms with Gasteiger partial charge in [-0.15, -0.1) is 11.3 Å². The summed E-state index contributed by atoms with van der Waals surface area (Å²) in [5.41, 5.74) is 1.02. The number of carbonyl (C=O) groups excluding carboxylic acids is 1. The highest BCUT2D eigenvalue weighted by Gasteiger charge is 2.27. The number of nitrogens with one attached hydrogen (secondary N) is 1. The summed E-state index contributed by atoms with van der Waals surface area (Å²) in [6, 6.07) is 6.54. The molecule has 0 unspecified atom stereocenters. The first-order valence-electron chi connectivity index (χ1n) is 7.27. The number of thiazole rings is 1. The number of hydrogen-bond acceptors (Lipinski definition) is 4. The third kappa shape index (κ3) is 3.96. The highest BCUT2D eigenvalue weighted by molar-refractivity contribution is 7.11. The highest BCUT2D eigenvalue weighted by atomic mass is 32.1. The lowest BCUT2D eigenvalue weighted by Crippen LogP contribution is -2.41. The number of hydrogen-bond donors (Lipinski definition) is 2. The number of carboxylic acids is 1. The van der Waals surface area contributed by atoms with Crippen LogP contribution < -0.4 is 5.32 Å². The van der Waals surface area contributed by atoms with E-state index in [2.05, 4.69) is 10.3 Å². The minimum Gasteiger partial charge on any atom is -0.478 e. The van der Waals surface area contributed by atoms with Gasteiger partial charge in [-0.25, -0.2) is 9.78 Å². The van der Waals surface area contributed by atoms with E-state index >= 15 is 0 Å². The van der Waals surface area contributed by atoms with Gasteiger partial charge in [0.05, 0.1) is 23.2 Å². The number of amides is 1. The number of aryl methyl sites for hydroxylation is 2. The van der Waals surface area contributed by atoms with Gasteiger partial charge >= 0.3 is 5.97 Å². The third-order valence-electron chi connectivity index (χ3n) is 3.61. The molecule has 6 heteroatoms. The second kappa shape index (κ2) is 6.50. The van der Waals surface area contributed by atoms with Crippen LogP contribution in [0.25, 0.3) is 0 Å². The standard InChI is InChI=1S/C17H20N2O3S/c1-10-11(2)23-16(18-10)17(3,4)19-14(20)9-12-7-5-6-8-13(12)15(21)22/h5-8H,9H2,1-4H3,(H,19,20)(H,21,22). The van der Waals surface area contributed by atoms with E-state index in [0.29, 0.717) is 5.56 Å². The number of carbonyl (C=O) groups is 2. The number of aromatic carboxylic acids is 1. The van der Waals surface area contributed by atoms with Crippen LogP contribution >= 0.6 is 11.3 Å². The van der Waals surface area contributed by atoms with Crippen LogP contribution in [-0.4, -0.2) is 22.0 Å². The van der Waals surface area contributed by atoms with Crippen LogP contribution in [0.3, 0.4) is 0 Å². The summed E-state index contributed by atoms with van der Waals surface area (Å²) in [6.45, 7) is 7.73. The summed E-state index contributed by atoms with van der Waals surface area (Å²) in [7, 11) is 0. The van der Waals surface area contributed by atoms with Gasteiger partial charge in [-0.05, 0) is 39.3 Å². The minimum atomic E-state index is -1.03. The van der Waals surface area contributed by atoms with Gasteiger partial charge in [-0.1, -0.05) is 18.2 Å². The van der Waals surface area contributed by atoms with Crippen molar-refractivity contribution in [2.45, 2.75) is 39.7 Å². The first-order chi connectivity index (χ1) is 10.7. The molecule has 2 aromatic rings. The smallest absolute Gasteiger partial charge is 0.335 e. The fraction of sp³-hybridized carbons (Fsp3) is 0.353. The SMILES string of the molecule is Cc1nc(C(C)(C)NC(=O)Cc2ccccc2C(=O)O)sc1C. The second-order valence-corrected chi connectivity index (χ2v) is 7.18. The van der Waals surface area contributed by atoms with Gasteiger partial charge in [0.15, 0.2) is 0 Å². The lowest BCUT2D eigenvalue weighted by atomic mass is 10.0. The van der Waals surface area contributed by atoms with Crippen LogP contribution in [0.2, 0.25) is 0 Å². The summed E-state index contributed by atoms with van der Waals surface area (Å²) >= 11 is 1.56. The highest BCUT2D eigenvalue weighted by Crippen LogP contribution is 2.27. The Bertz CT molecular complexity index is 731. The monoisotopic (exact) mass is 332 g/mol. The summed E-state index contributed by atoms with van der Waals surface area (Å²) in [5, 5.41) is 13.0. The molecule has 0 saturated carbocycles. The molecule has 2 N–H and O–H groups in total. The lowest BCUT2D eigenvalue weighted by Gasteiger charge is -2.24. The van der Waals surface area contributed by atoms with Gasteiger partial charge in [0.1, 0.15) is 5.01 Å². The molecule has 1 aromatic heterocycles. The summed E-state index contributed by atoms with van der Waals surface area (Å²) < 4.78 is 0. The van der Waals surface area contributed by atoms with Crippen LogP contribution in [0.15, 0.2) is 24.3 Å². The van der Waals surface area contributed by atoms with E-state index in [0.717, 1.165) is 15.6 Å². The van der Waals surface area contributed by atoms with Crippen molar-refractivity contribution in [1.82, 2.24) is 10.3 Å². The number of rotatable bonds is 5. The van der Waals surface area contributed by atoms with Crippen molar-refractivity contribution >= 4 is 23.2 Å². The van der Waals surface area contributed by atoms with Crippen molar-refractivity contribution in [2.24, 2.45) is 0 Å². The Morgan fingerprint density at radius 2 is 1.91 bits per heavy atom. The largest absolute Gasteiger partial charge is 0.478 e. The van der Waals surface area contributed by atoms with Crippen molar-refractivity contribution in [3.05, 3.63) is 51.0 Å². The molecular weight excluding hydrogens is 312 g/mol. The Morgan fingerprint density at radius 3 is 2.48 bits per heavy atom. The van der Waals surface area contributed by atoms with Crippen molar-refractivity contribution in [1.29, 1.82) is 0 Å². The molecule has 1 amide bonds. The maximum atomic E-state index is 12.3. The Balaban J connectivity index is 2.14. The van der Waals surface area contributed by atoms with Gasteiger partial charge in [0.2, 0.25) is 5.91 Å². The zero-order chi connectivity index (χ0) is 17.2. The van der Waals surface area contributed by atoms with Crippen molar-refractivity contribution in [2.75, 3.05) is 0 Å². The molecule has 0 atom stereocenters. The molecule has 0 saturated heterocycles. The molecule has 0 bridgehead atoms. The molecule has 122 valence electrons. The molecule has 0 spiro atoms. The molecule has 0 fully saturated rings. The summed E-state index contributed by atoms with van der Waals surface area (Å²) in [6.07, 6.45) is 0.0231. The average molecular weight is 332 g/mol. The van der Waals surface area contributed by atoms with E-state index in [9.17, 15) is 14.7 Å². The molecule has 0 radical (unpaired) electrons. The average Bonchev–Trinajstić information content (AvgIpc) is 2.79. The van der Waals surface area contributed by atoms with Gasteiger partial charge < -0.3 is 10.4 Å². The van der Waals surface area contributed by atoms with Crippen LogP contribution in [0.1, 0.15) is 45.3 Å². The maximum absolute atomic E-state index is 12.3. The van der Waals surface area contributed by atoms with E-state index in [1.54, 1.807) is 29.5 Å². The Kier molecular flexibility index (Phi) is 4.85. The maximum Gasteiger partial charge on any atom is 0.335 e. The van der Waals surface area contributed by atoms with E-state index in [1.165, 1.54) is 6.07 Å². The number of aromatic nitrogens is 1. The Morgan fingerprint density at radius 1 is 1.26 bits per heavy atom. The normalized spacial score (nSPS) is 11.3. The zero-order valence-corrected chi connectivity index (χ0v) is 14.5. The van der Waals surface area contributed by atoms with Crippen LogP contribution in [-0.2, 0) is 16.8 Å². The summed E-state index contributed by atoms with van der Waals surface area (Å²) in [4.78, 5) is 29.2. The topological polar surface area (TPSA) is 79.3 Å². The molecule has 2 rings (SSSR count). The van der Waals surface area contributed by atoms with Gasteiger partial charge in [-0.3, -0.25) is 4.79 Å². The Labute approximate surface area is 139 Å². The molecule has 1 heterocycles. The quantitative estimate of drug-likeness (QED) is 0.882. The Hall–Kier alpha value is -2.21. The van der Waals surface area contributed by atoms with E-state index < -0.39 is 11.5 Å². The zero-order valence-electron chi connectivity index (χ0n) is 13.6. The predicted molar refractivity (Wildman–Crippen MR) is 89.9 cm³/mol. The number of benzene rings is 1. The fourth-order valence-corrected chi connectivity index (χ4v) is 3.21. The molecule has 23 heavy (non-hydrogen) atoms. The van der Waals surface area contributed by atoms with Crippen LogP contribution in [0.4, 0.5) is 0 Å². The first-order valence-corrected chi connectivity index (χ1v) is 8.09. The van der Waals surface area contributed by atoms with Gasteiger partial charge in [-0.2, -0.15) is 0 Å². The lowest BCUT2D eigenvalue weighted by molar-refractivity contribution is -0.122. The number of carboxylic acid groups (broad SMARTS) is 1. The molecule has 0 aliphatic heterocycles. The first kappa shape index (κ1) is 17.1. The van der Waals surface area contributed by atoms with Gasteiger partial charge in [0.25, 0.3) is 0 Å².